The zero-order chi connectivity index (χ0) is 14.7. The average Bonchev–Trinajstić information content (AvgIpc) is 2.56. The molecule has 0 aromatic heterocycles. The fraction of sp³-hybridized carbons (Fsp3) is 0.300. The number of allylic oxidation sites excluding steroid dienone is 1. The maximum atomic E-state index is 2.36. The maximum Gasteiger partial charge on any atom is 0.0283 e. The lowest BCUT2D eigenvalue weighted by molar-refractivity contribution is 0.270. The molecule has 0 saturated heterocycles. The standard InChI is InChI=1S/C20H23N/c1-21(2)19-14-9-15-20(16-19,17-10-5-3-6-11-17)18-12-7-4-8-13-18/h3-14,19H,15-16H2,1-2H3. The first-order valence-electron chi connectivity index (χ1n) is 7.66. The summed E-state index contributed by atoms with van der Waals surface area (Å²) >= 11 is 0. The van der Waals surface area contributed by atoms with E-state index in [1.165, 1.54) is 11.1 Å². The summed E-state index contributed by atoms with van der Waals surface area (Å²) in [6.07, 6.45) is 6.91. The van der Waals surface area contributed by atoms with Gasteiger partial charge in [0.2, 0.25) is 0 Å². The van der Waals surface area contributed by atoms with Crippen LogP contribution in [0.1, 0.15) is 24.0 Å². The molecule has 1 nitrogen and oxygen atoms in total. The Hall–Kier alpha value is -1.86. The van der Waals surface area contributed by atoms with E-state index in [-0.39, 0.29) is 5.41 Å². The third-order valence-electron chi connectivity index (χ3n) is 4.70. The van der Waals surface area contributed by atoms with Crippen LogP contribution in [-0.4, -0.2) is 25.0 Å². The van der Waals surface area contributed by atoms with Gasteiger partial charge < -0.3 is 4.90 Å². The highest BCUT2D eigenvalue weighted by atomic mass is 15.1. The molecule has 1 atom stereocenters. The van der Waals surface area contributed by atoms with Gasteiger partial charge in [0.05, 0.1) is 0 Å². The second-order valence-corrected chi connectivity index (χ2v) is 6.18. The second kappa shape index (κ2) is 5.87. The molecular formula is C20H23N. The van der Waals surface area contributed by atoms with E-state index in [0.29, 0.717) is 6.04 Å². The molecule has 0 radical (unpaired) electrons. The van der Waals surface area contributed by atoms with E-state index in [2.05, 4.69) is 91.8 Å². The van der Waals surface area contributed by atoms with E-state index in [1.54, 1.807) is 0 Å². The van der Waals surface area contributed by atoms with Gasteiger partial charge in [0.1, 0.15) is 0 Å². The molecule has 21 heavy (non-hydrogen) atoms. The minimum absolute atomic E-state index is 0.0895. The SMILES string of the molecule is CN(C)C1C=CCC(c2ccccc2)(c2ccccc2)C1. The first-order chi connectivity index (χ1) is 10.2. The highest BCUT2D eigenvalue weighted by molar-refractivity contribution is 5.42. The summed E-state index contributed by atoms with van der Waals surface area (Å²) < 4.78 is 0. The van der Waals surface area contributed by atoms with Gasteiger partial charge in [-0.25, -0.2) is 0 Å². The van der Waals surface area contributed by atoms with Crippen LogP contribution in [0, 0.1) is 0 Å². The highest BCUT2D eigenvalue weighted by Crippen LogP contribution is 2.43. The van der Waals surface area contributed by atoms with Crippen molar-refractivity contribution in [3.05, 3.63) is 83.9 Å². The Balaban J connectivity index is 2.11. The minimum Gasteiger partial charge on any atom is -0.303 e. The second-order valence-electron chi connectivity index (χ2n) is 6.18. The van der Waals surface area contributed by atoms with Crippen LogP contribution in [0.5, 0.6) is 0 Å². The van der Waals surface area contributed by atoms with Crippen LogP contribution >= 0.6 is 0 Å². The summed E-state index contributed by atoms with van der Waals surface area (Å²) in [5.74, 6) is 0. The molecule has 0 heterocycles. The molecule has 1 aliphatic rings. The molecule has 0 amide bonds. The Kier molecular flexibility index (Phi) is 3.94. The van der Waals surface area contributed by atoms with Crippen LogP contribution in [0.3, 0.4) is 0 Å². The quantitative estimate of drug-likeness (QED) is 0.758. The van der Waals surface area contributed by atoms with Gasteiger partial charge >= 0.3 is 0 Å². The fourth-order valence-electron chi connectivity index (χ4n) is 3.44. The summed E-state index contributed by atoms with van der Waals surface area (Å²) in [6, 6.07) is 22.4. The number of likely N-dealkylation sites (N-methyl/N-ethyl adjacent to an activating group) is 1. The zero-order valence-electron chi connectivity index (χ0n) is 12.9. The van der Waals surface area contributed by atoms with Crippen molar-refractivity contribution in [1.82, 2.24) is 4.90 Å². The predicted octanol–water partition coefficient (Wildman–Crippen LogP) is 4.25. The monoisotopic (exact) mass is 277 g/mol. The van der Waals surface area contributed by atoms with Crippen molar-refractivity contribution in [2.24, 2.45) is 0 Å². The number of benzene rings is 2. The summed E-state index contributed by atoms with van der Waals surface area (Å²) in [6.45, 7) is 0. The Morgan fingerprint density at radius 2 is 1.38 bits per heavy atom. The minimum atomic E-state index is 0.0895. The lowest BCUT2D eigenvalue weighted by atomic mass is 9.66. The number of nitrogens with zero attached hydrogens (tertiary/aromatic N) is 1. The van der Waals surface area contributed by atoms with Crippen LogP contribution in [-0.2, 0) is 5.41 Å². The van der Waals surface area contributed by atoms with Gasteiger partial charge in [0.15, 0.2) is 0 Å². The van der Waals surface area contributed by atoms with Gasteiger partial charge in [-0.05, 0) is 38.1 Å². The first-order valence-corrected chi connectivity index (χ1v) is 7.66. The molecule has 0 saturated carbocycles. The van der Waals surface area contributed by atoms with E-state index in [4.69, 9.17) is 0 Å². The highest BCUT2D eigenvalue weighted by Gasteiger charge is 2.37. The van der Waals surface area contributed by atoms with E-state index >= 15 is 0 Å². The zero-order valence-corrected chi connectivity index (χ0v) is 12.9. The fourth-order valence-corrected chi connectivity index (χ4v) is 3.44. The Bertz CT molecular complexity index is 559. The van der Waals surface area contributed by atoms with Crippen molar-refractivity contribution in [3.63, 3.8) is 0 Å². The van der Waals surface area contributed by atoms with Gasteiger partial charge in [-0.15, -0.1) is 0 Å². The predicted molar refractivity (Wildman–Crippen MR) is 89.5 cm³/mol. The number of hydrogen-bond donors (Lipinski definition) is 0. The molecule has 0 N–H and O–H groups in total. The molecule has 0 aliphatic heterocycles. The maximum absolute atomic E-state index is 2.36. The molecule has 2 aromatic rings. The lowest BCUT2D eigenvalue weighted by Crippen LogP contribution is -2.39. The van der Waals surface area contributed by atoms with Gasteiger partial charge in [-0.2, -0.15) is 0 Å². The molecule has 0 fully saturated rings. The third-order valence-corrected chi connectivity index (χ3v) is 4.70. The van der Waals surface area contributed by atoms with E-state index in [0.717, 1.165) is 12.8 Å². The smallest absolute Gasteiger partial charge is 0.0283 e. The van der Waals surface area contributed by atoms with Gasteiger partial charge in [0, 0.05) is 11.5 Å². The van der Waals surface area contributed by atoms with Crippen LogP contribution in [0.15, 0.2) is 72.8 Å². The summed E-state index contributed by atoms with van der Waals surface area (Å²) in [4.78, 5) is 2.32. The Morgan fingerprint density at radius 3 is 1.86 bits per heavy atom. The topological polar surface area (TPSA) is 3.24 Å². The van der Waals surface area contributed by atoms with Crippen LogP contribution < -0.4 is 0 Å². The molecule has 3 rings (SSSR count). The summed E-state index contributed by atoms with van der Waals surface area (Å²) in [5, 5.41) is 0. The van der Waals surface area contributed by atoms with Gasteiger partial charge in [0.25, 0.3) is 0 Å². The van der Waals surface area contributed by atoms with E-state index in [1.807, 2.05) is 0 Å². The largest absolute Gasteiger partial charge is 0.303 e. The number of hydrogen-bond acceptors (Lipinski definition) is 1. The summed E-state index contributed by atoms with van der Waals surface area (Å²) in [7, 11) is 4.34. The molecule has 0 bridgehead atoms. The van der Waals surface area contributed by atoms with E-state index < -0.39 is 0 Å². The van der Waals surface area contributed by atoms with Crippen molar-refractivity contribution >= 4 is 0 Å². The van der Waals surface area contributed by atoms with Crippen molar-refractivity contribution in [2.45, 2.75) is 24.3 Å². The molecule has 0 spiro atoms. The van der Waals surface area contributed by atoms with Crippen LogP contribution in [0.2, 0.25) is 0 Å². The molecular weight excluding hydrogens is 254 g/mol. The molecule has 1 unspecified atom stereocenters. The van der Waals surface area contributed by atoms with Crippen molar-refractivity contribution < 1.29 is 0 Å². The van der Waals surface area contributed by atoms with Crippen molar-refractivity contribution in [2.75, 3.05) is 14.1 Å². The molecule has 1 heteroatoms. The van der Waals surface area contributed by atoms with Crippen molar-refractivity contribution in [3.8, 4) is 0 Å². The van der Waals surface area contributed by atoms with Crippen LogP contribution in [0.4, 0.5) is 0 Å². The third kappa shape index (κ3) is 2.66. The van der Waals surface area contributed by atoms with Crippen LogP contribution in [0.25, 0.3) is 0 Å². The van der Waals surface area contributed by atoms with Crippen molar-refractivity contribution in [1.29, 1.82) is 0 Å². The normalized spacial score (nSPS) is 20.6. The average molecular weight is 277 g/mol. The van der Waals surface area contributed by atoms with Gasteiger partial charge in [-0.3, -0.25) is 0 Å². The molecule has 1 aliphatic carbocycles. The number of rotatable bonds is 3. The Morgan fingerprint density at radius 1 is 0.857 bits per heavy atom. The first kappa shape index (κ1) is 14.1. The van der Waals surface area contributed by atoms with Gasteiger partial charge in [-0.1, -0.05) is 72.8 Å². The molecule has 2 aromatic carbocycles. The molecule has 108 valence electrons. The Labute approximate surface area is 127 Å². The van der Waals surface area contributed by atoms with E-state index in [9.17, 15) is 0 Å². The summed E-state index contributed by atoms with van der Waals surface area (Å²) in [5.41, 5.74) is 2.94. The lowest BCUT2D eigenvalue weighted by Gasteiger charge is -2.41.